The minimum absolute atomic E-state index is 0.0321. The number of pyridine rings is 1. The molecule has 5 heteroatoms. The van der Waals surface area contributed by atoms with E-state index in [0.717, 1.165) is 29.8 Å². The first-order valence-electron chi connectivity index (χ1n) is 6.95. The summed E-state index contributed by atoms with van der Waals surface area (Å²) < 4.78 is 0.821. The number of benzene rings is 1. The van der Waals surface area contributed by atoms with Crippen molar-refractivity contribution in [1.82, 2.24) is 10.3 Å². The predicted molar refractivity (Wildman–Crippen MR) is 86.5 cm³/mol. The van der Waals surface area contributed by atoms with E-state index < -0.39 is 0 Å². The lowest BCUT2D eigenvalue weighted by Gasteiger charge is -2.18. The van der Waals surface area contributed by atoms with Crippen molar-refractivity contribution in [3.8, 4) is 0 Å². The molecule has 3 rings (SSSR count). The molecular formula is C16H16BrN3O. The van der Waals surface area contributed by atoms with E-state index in [0.29, 0.717) is 5.56 Å². The van der Waals surface area contributed by atoms with Crippen molar-refractivity contribution in [2.24, 2.45) is 0 Å². The number of rotatable bonds is 3. The normalized spacial score (nSPS) is 17.8. The maximum atomic E-state index is 12.3. The first-order chi connectivity index (χ1) is 10.2. The predicted octanol–water partition coefficient (Wildman–Crippen LogP) is 2.85. The van der Waals surface area contributed by atoms with Crippen molar-refractivity contribution in [1.29, 1.82) is 0 Å². The molecule has 0 bridgehead atoms. The van der Waals surface area contributed by atoms with Gasteiger partial charge in [0.15, 0.2) is 0 Å². The molecule has 1 aromatic carbocycles. The maximum absolute atomic E-state index is 12.3. The Morgan fingerprint density at radius 3 is 2.81 bits per heavy atom. The number of nitrogens with one attached hydrogen (secondary N) is 1. The molecule has 0 radical (unpaired) electrons. The molecule has 108 valence electrons. The van der Waals surface area contributed by atoms with Gasteiger partial charge in [-0.3, -0.25) is 4.79 Å². The van der Waals surface area contributed by atoms with Crippen LogP contribution >= 0.6 is 15.9 Å². The van der Waals surface area contributed by atoms with Crippen molar-refractivity contribution in [3.63, 3.8) is 0 Å². The van der Waals surface area contributed by atoms with Crippen LogP contribution in [0.25, 0.3) is 0 Å². The highest BCUT2D eigenvalue weighted by Crippen LogP contribution is 2.19. The third-order valence-corrected chi connectivity index (χ3v) is 4.31. The summed E-state index contributed by atoms with van der Waals surface area (Å²) in [5.41, 5.74) is 0.675. The second-order valence-electron chi connectivity index (χ2n) is 5.07. The summed E-state index contributed by atoms with van der Waals surface area (Å²) in [7, 11) is 0. The van der Waals surface area contributed by atoms with E-state index in [9.17, 15) is 4.79 Å². The van der Waals surface area contributed by atoms with Crippen molar-refractivity contribution >= 4 is 27.7 Å². The number of halogens is 1. The van der Waals surface area contributed by atoms with Crippen LogP contribution in [0.5, 0.6) is 0 Å². The topological polar surface area (TPSA) is 45.2 Å². The molecule has 2 heterocycles. The Morgan fingerprint density at radius 1 is 1.24 bits per heavy atom. The summed E-state index contributed by atoms with van der Waals surface area (Å²) in [6.45, 7) is 1.71. The van der Waals surface area contributed by atoms with Crippen molar-refractivity contribution < 1.29 is 4.79 Å². The van der Waals surface area contributed by atoms with E-state index >= 15 is 0 Å². The molecule has 2 aromatic rings. The Morgan fingerprint density at radius 2 is 2.05 bits per heavy atom. The SMILES string of the molecule is O=C(N[C@@H]1CCN(c2ccccn2)C1)c1ccccc1Br. The number of carbonyl (C=O) groups excluding carboxylic acids is 1. The molecule has 1 saturated heterocycles. The molecule has 1 fully saturated rings. The summed E-state index contributed by atoms with van der Waals surface area (Å²) in [6, 6.07) is 13.5. The van der Waals surface area contributed by atoms with Gasteiger partial charge in [0.1, 0.15) is 5.82 Å². The maximum Gasteiger partial charge on any atom is 0.252 e. The van der Waals surface area contributed by atoms with Gasteiger partial charge in [0.2, 0.25) is 0 Å². The van der Waals surface area contributed by atoms with E-state index in [-0.39, 0.29) is 11.9 Å². The average molecular weight is 346 g/mol. The van der Waals surface area contributed by atoms with Gasteiger partial charge in [-0.25, -0.2) is 4.98 Å². The molecule has 0 aliphatic carbocycles. The summed E-state index contributed by atoms with van der Waals surface area (Å²) in [6.07, 6.45) is 2.73. The molecule has 1 atom stereocenters. The Kier molecular flexibility index (Phi) is 4.20. The van der Waals surface area contributed by atoms with E-state index in [1.54, 1.807) is 6.20 Å². The number of amides is 1. The van der Waals surface area contributed by atoms with Gasteiger partial charge in [-0.05, 0) is 46.6 Å². The summed E-state index contributed by atoms with van der Waals surface area (Å²) >= 11 is 3.41. The van der Waals surface area contributed by atoms with Gasteiger partial charge in [-0.15, -0.1) is 0 Å². The van der Waals surface area contributed by atoms with E-state index in [1.165, 1.54) is 0 Å². The third-order valence-electron chi connectivity index (χ3n) is 3.62. The zero-order valence-corrected chi connectivity index (χ0v) is 13.1. The summed E-state index contributed by atoms with van der Waals surface area (Å²) in [4.78, 5) is 18.8. The fourth-order valence-electron chi connectivity index (χ4n) is 2.54. The second kappa shape index (κ2) is 6.26. The molecule has 1 aromatic heterocycles. The molecule has 21 heavy (non-hydrogen) atoms. The zero-order chi connectivity index (χ0) is 14.7. The van der Waals surface area contributed by atoms with Gasteiger partial charge in [0.05, 0.1) is 5.56 Å². The van der Waals surface area contributed by atoms with Gasteiger partial charge < -0.3 is 10.2 Å². The zero-order valence-electron chi connectivity index (χ0n) is 11.5. The van der Waals surface area contributed by atoms with Crippen LogP contribution in [-0.4, -0.2) is 30.0 Å². The van der Waals surface area contributed by atoms with Crippen LogP contribution in [-0.2, 0) is 0 Å². The van der Waals surface area contributed by atoms with Gasteiger partial charge in [0, 0.05) is 29.8 Å². The standard InChI is InChI=1S/C16H16BrN3O/c17-14-6-2-1-5-13(14)16(21)19-12-8-10-20(11-12)15-7-3-4-9-18-15/h1-7,9,12H,8,10-11H2,(H,19,21)/t12-/m1/s1. The largest absolute Gasteiger partial charge is 0.354 e. The number of hydrogen-bond acceptors (Lipinski definition) is 3. The molecule has 0 saturated carbocycles. The van der Waals surface area contributed by atoms with Crippen LogP contribution < -0.4 is 10.2 Å². The molecule has 4 nitrogen and oxygen atoms in total. The second-order valence-corrected chi connectivity index (χ2v) is 5.93. The number of anilines is 1. The Balaban J connectivity index is 1.63. The van der Waals surface area contributed by atoms with Crippen LogP contribution in [0.3, 0.4) is 0 Å². The van der Waals surface area contributed by atoms with Gasteiger partial charge in [-0.2, -0.15) is 0 Å². The molecular weight excluding hydrogens is 330 g/mol. The van der Waals surface area contributed by atoms with Gasteiger partial charge >= 0.3 is 0 Å². The fraction of sp³-hybridized carbons (Fsp3) is 0.250. The average Bonchev–Trinajstić information content (AvgIpc) is 2.97. The number of nitrogens with zero attached hydrogens (tertiary/aromatic N) is 2. The quantitative estimate of drug-likeness (QED) is 0.930. The monoisotopic (exact) mass is 345 g/mol. The molecule has 1 amide bonds. The summed E-state index contributed by atoms with van der Waals surface area (Å²) in [5, 5.41) is 3.10. The van der Waals surface area contributed by atoms with Crippen LogP contribution in [0.2, 0.25) is 0 Å². The molecule has 0 spiro atoms. The highest BCUT2D eigenvalue weighted by Gasteiger charge is 2.25. The van der Waals surface area contributed by atoms with Crippen LogP contribution in [0.15, 0.2) is 53.1 Å². The fourth-order valence-corrected chi connectivity index (χ4v) is 3.00. The molecule has 0 unspecified atom stereocenters. The van der Waals surface area contributed by atoms with E-state index in [2.05, 4.69) is 31.1 Å². The van der Waals surface area contributed by atoms with Crippen molar-refractivity contribution in [2.75, 3.05) is 18.0 Å². The highest BCUT2D eigenvalue weighted by atomic mass is 79.9. The Hall–Kier alpha value is -1.88. The highest BCUT2D eigenvalue weighted by molar-refractivity contribution is 9.10. The lowest BCUT2D eigenvalue weighted by atomic mass is 10.2. The van der Waals surface area contributed by atoms with Gasteiger partial charge in [0.25, 0.3) is 5.91 Å². The first kappa shape index (κ1) is 14.1. The van der Waals surface area contributed by atoms with Gasteiger partial charge in [-0.1, -0.05) is 18.2 Å². The van der Waals surface area contributed by atoms with Crippen molar-refractivity contribution in [2.45, 2.75) is 12.5 Å². The minimum atomic E-state index is -0.0321. The van der Waals surface area contributed by atoms with Crippen LogP contribution in [0.4, 0.5) is 5.82 Å². The van der Waals surface area contributed by atoms with E-state index in [4.69, 9.17) is 0 Å². The number of hydrogen-bond donors (Lipinski definition) is 1. The smallest absolute Gasteiger partial charge is 0.252 e. The third kappa shape index (κ3) is 3.24. The lowest BCUT2D eigenvalue weighted by molar-refractivity contribution is 0.0939. The van der Waals surface area contributed by atoms with Crippen LogP contribution in [0.1, 0.15) is 16.8 Å². The molecule has 1 aliphatic heterocycles. The number of carbonyl (C=O) groups is 1. The van der Waals surface area contributed by atoms with Crippen LogP contribution in [0, 0.1) is 0 Å². The van der Waals surface area contributed by atoms with Crippen molar-refractivity contribution in [3.05, 3.63) is 58.7 Å². The Bertz CT molecular complexity index is 632. The lowest BCUT2D eigenvalue weighted by Crippen LogP contribution is -2.37. The summed E-state index contributed by atoms with van der Waals surface area (Å²) in [5.74, 6) is 0.936. The number of aromatic nitrogens is 1. The Labute approximate surface area is 132 Å². The molecule has 1 aliphatic rings. The minimum Gasteiger partial charge on any atom is -0.354 e. The van der Waals surface area contributed by atoms with E-state index in [1.807, 2.05) is 42.5 Å². The molecule has 1 N–H and O–H groups in total. The first-order valence-corrected chi connectivity index (χ1v) is 7.75.